The van der Waals surface area contributed by atoms with Gasteiger partial charge in [-0.05, 0) is 44.4 Å². The third-order valence-corrected chi connectivity index (χ3v) is 3.83. The van der Waals surface area contributed by atoms with Crippen molar-refractivity contribution in [2.75, 3.05) is 32.7 Å². The predicted molar refractivity (Wildman–Crippen MR) is 106 cm³/mol. The second-order valence-electron chi connectivity index (χ2n) is 5.65. The maximum Gasteiger partial charge on any atom is 0.251 e. The van der Waals surface area contributed by atoms with Crippen molar-refractivity contribution in [3.05, 3.63) is 35.1 Å². The Kier molecular flexibility index (Phi) is 9.02. The summed E-state index contributed by atoms with van der Waals surface area (Å²) in [5.74, 6) is 0.269. The molecule has 2 rings (SSSR count). The Morgan fingerprint density at radius 3 is 2.62 bits per heavy atom. The molecule has 134 valence electrons. The zero-order valence-electron chi connectivity index (χ0n) is 14.3. The number of amides is 1. The summed E-state index contributed by atoms with van der Waals surface area (Å²) in [6.45, 7) is 7.52. The van der Waals surface area contributed by atoms with Crippen LogP contribution in [-0.2, 0) is 0 Å². The lowest BCUT2D eigenvalue weighted by Crippen LogP contribution is -2.40. The molecule has 0 aliphatic carbocycles. The number of guanidine groups is 1. The van der Waals surface area contributed by atoms with Crippen LogP contribution in [0.2, 0.25) is 0 Å². The van der Waals surface area contributed by atoms with E-state index in [4.69, 9.17) is 0 Å². The molecule has 0 radical (unpaired) electrons. The SMILES string of the molecule is CCNC(=NCCNC(=O)c1ccc(C)c(F)c1)N1CCCC1.I. The van der Waals surface area contributed by atoms with Crippen LogP contribution < -0.4 is 10.6 Å². The van der Waals surface area contributed by atoms with Gasteiger partial charge in [0.1, 0.15) is 5.82 Å². The van der Waals surface area contributed by atoms with E-state index in [-0.39, 0.29) is 35.7 Å². The average molecular weight is 448 g/mol. The third kappa shape index (κ3) is 5.92. The monoisotopic (exact) mass is 448 g/mol. The minimum Gasteiger partial charge on any atom is -0.357 e. The van der Waals surface area contributed by atoms with Gasteiger partial charge >= 0.3 is 0 Å². The van der Waals surface area contributed by atoms with Crippen molar-refractivity contribution in [3.63, 3.8) is 0 Å². The van der Waals surface area contributed by atoms with E-state index in [2.05, 4.69) is 20.5 Å². The summed E-state index contributed by atoms with van der Waals surface area (Å²) in [4.78, 5) is 18.8. The molecule has 5 nitrogen and oxygen atoms in total. The summed E-state index contributed by atoms with van der Waals surface area (Å²) in [6, 6.07) is 4.51. The van der Waals surface area contributed by atoms with Gasteiger partial charge < -0.3 is 15.5 Å². The highest BCUT2D eigenvalue weighted by atomic mass is 127. The van der Waals surface area contributed by atoms with E-state index < -0.39 is 0 Å². The van der Waals surface area contributed by atoms with Crippen molar-refractivity contribution in [2.24, 2.45) is 4.99 Å². The largest absolute Gasteiger partial charge is 0.357 e. The van der Waals surface area contributed by atoms with Crippen LogP contribution >= 0.6 is 24.0 Å². The number of halogens is 2. The Balaban J connectivity index is 0.00000288. The summed E-state index contributed by atoms with van der Waals surface area (Å²) >= 11 is 0. The molecule has 0 aromatic heterocycles. The minimum absolute atomic E-state index is 0. The molecule has 1 saturated heterocycles. The number of hydrogen-bond acceptors (Lipinski definition) is 2. The van der Waals surface area contributed by atoms with Gasteiger partial charge in [0, 0.05) is 31.7 Å². The van der Waals surface area contributed by atoms with Crippen molar-refractivity contribution in [3.8, 4) is 0 Å². The zero-order valence-corrected chi connectivity index (χ0v) is 16.6. The first-order chi connectivity index (χ1) is 11.1. The molecular weight excluding hydrogens is 422 g/mol. The number of carbonyl (C=O) groups is 1. The van der Waals surface area contributed by atoms with Gasteiger partial charge in [0.05, 0.1) is 6.54 Å². The summed E-state index contributed by atoms with van der Waals surface area (Å²) in [6.07, 6.45) is 2.39. The second-order valence-corrected chi connectivity index (χ2v) is 5.65. The van der Waals surface area contributed by atoms with E-state index in [0.29, 0.717) is 24.2 Å². The van der Waals surface area contributed by atoms with Crippen molar-refractivity contribution < 1.29 is 9.18 Å². The number of rotatable bonds is 5. The molecular formula is C17H26FIN4O. The molecule has 7 heteroatoms. The molecule has 1 fully saturated rings. The van der Waals surface area contributed by atoms with Gasteiger partial charge in [0.15, 0.2) is 5.96 Å². The molecule has 2 N–H and O–H groups in total. The Morgan fingerprint density at radius 1 is 1.29 bits per heavy atom. The highest BCUT2D eigenvalue weighted by Gasteiger charge is 2.15. The van der Waals surface area contributed by atoms with Crippen LogP contribution in [0.3, 0.4) is 0 Å². The Labute approximate surface area is 160 Å². The fourth-order valence-electron chi connectivity index (χ4n) is 2.52. The van der Waals surface area contributed by atoms with Crippen LogP contribution in [0.1, 0.15) is 35.7 Å². The van der Waals surface area contributed by atoms with Gasteiger partial charge in [-0.2, -0.15) is 0 Å². The van der Waals surface area contributed by atoms with Crippen molar-refractivity contribution in [2.45, 2.75) is 26.7 Å². The van der Waals surface area contributed by atoms with Gasteiger partial charge in [0.25, 0.3) is 5.91 Å². The normalized spacial score (nSPS) is 14.3. The maximum atomic E-state index is 13.5. The molecule has 0 unspecified atom stereocenters. The van der Waals surface area contributed by atoms with Gasteiger partial charge in [-0.15, -0.1) is 24.0 Å². The fourth-order valence-corrected chi connectivity index (χ4v) is 2.52. The van der Waals surface area contributed by atoms with E-state index in [1.54, 1.807) is 19.1 Å². The predicted octanol–water partition coefficient (Wildman–Crippen LogP) is 2.54. The quantitative estimate of drug-likeness (QED) is 0.315. The van der Waals surface area contributed by atoms with Crippen LogP contribution in [0.5, 0.6) is 0 Å². The standard InChI is InChI=1S/C17H25FN4O.HI/c1-3-19-17(22-10-4-5-11-22)21-9-8-20-16(23)14-7-6-13(2)15(18)12-14;/h6-7,12H,3-5,8-11H2,1-2H3,(H,19,21)(H,20,23);1H. The zero-order chi connectivity index (χ0) is 16.7. The number of hydrogen-bond donors (Lipinski definition) is 2. The fraction of sp³-hybridized carbons (Fsp3) is 0.529. The molecule has 24 heavy (non-hydrogen) atoms. The highest BCUT2D eigenvalue weighted by molar-refractivity contribution is 14.0. The Hall–Kier alpha value is -1.38. The average Bonchev–Trinajstić information content (AvgIpc) is 3.07. The first-order valence-corrected chi connectivity index (χ1v) is 8.19. The van der Waals surface area contributed by atoms with E-state index in [1.807, 2.05) is 6.92 Å². The molecule has 1 aromatic carbocycles. The van der Waals surface area contributed by atoms with Gasteiger partial charge in [-0.3, -0.25) is 9.79 Å². The van der Waals surface area contributed by atoms with Crippen molar-refractivity contribution in [1.29, 1.82) is 0 Å². The molecule has 0 spiro atoms. The van der Waals surface area contributed by atoms with Gasteiger partial charge in [-0.1, -0.05) is 6.07 Å². The van der Waals surface area contributed by atoms with E-state index in [0.717, 1.165) is 25.6 Å². The lowest BCUT2D eigenvalue weighted by molar-refractivity contribution is 0.0954. The molecule has 1 heterocycles. The van der Waals surface area contributed by atoms with Crippen molar-refractivity contribution >= 4 is 35.8 Å². The number of aryl methyl sites for hydroxylation is 1. The lowest BCUT2D eigenvalue weighted by atomic mass is 10.1. The van der Waals surface area contributed by atoms with E-state index in [1.165, 1.54) is 18.9 Å². The molecule has 0 bridgehead atoms. The molecule has 0 saturated carbocycles. The molecule has 1 aromatic rings. The molecule has 1 aliphatic heterocycles. The van der Waals surface area contributed by atoms with Crippen LogP contribution in [0.4, 0.5) is 4.39 Å². The molecule has 1 aliphatic rings. The third-order valence-electron chi connectivity index (χ3n) is 3.83. The first-order valence-electron chi connectivity index (χ1n) is 8.19. The minimum atomic E-state index is -0.362. The number of benzene rings is 1. The first kappa shape index (κ1) is 20.7. The topological polar surface area (TPSA) is 56.7 Å². The lowest BCUT2D eigenvalue weighted by Gasteiger charge is -2.20. The highest BCUT2D eigenvalue weighted by Crippen LogP contribution is 2.09. The number of likely N-dealkylation sites (tertiary alicyclic amines) is 1. The maximum absolute atomic E-state index is 13.5. The number of nitrogens with one attached hydrogen (secondary N) is 2. The van der Waals surface area contributed by atoms with Gasteiger partial charge in [-0.25, -0.2) is 4.39 Å². The number of nitrogens with zero attached hydrogens (tertiary/aromatic N) is 2. The summed E-state index contributed by atoms with van der Waals surface area (Å²) in [7, 11) is 0. The Morgan fingerprint density at radius 2 is 2.00 bits per heavy atom. The molecule has 0 atom stereocenters. The molecule has 1 amide bonds. The van der Waals surface area contributed by atoms with E-state index in [9.17, 15) is 9.18 Å². The van der Waals surface area contributed by atoms with Crippen LogP contribution in [-0.4, -0.2) is 49.5 Å². The summed E-state index contributed by atoms with van der Waals surface area (Å²) in [5, 5.41) is 6.05. The van der Waals surface area contributed by atoms with Crippen LogP contribution in [0, 0.1) is 12.7 Å². The van der Waals surface area contributed by atoms with Crippen LogP contribution in [0.25, 0.3) is 0 Å². The van der Waals surface area contributed by atoms with E-state index >= 15 is 0 Å². The van der Waals surface area contributed by atoms with Crippen LogP contribution in [0.15, 0.2) is 23.2 Å². The smallest absolute Gasteiger partial charge is 0.251 e. The summed E-state index contributed by atoms with van der Waals surface area (Å²) < 4.78 is 13.5. The summed E-state index contributed by atoms with van der Waals surface area (Å²) in [5.41, 5.74) is 0.871. The van der Waals surface area contributed by atoms with Crippen molar-refractivity contribution in [1.82, 2.24) is 15.5 Å². The van der Waals surface area contributed by atoms with Gasteiger partial charge in [0.2, 0.25) is 0 Å². The Bertz CT molecular complexity index is 574. The second kappa shape index (κ2) is 10.5. The number of carbonyl (C=O) groups excluding carboxylic acids is 1. The number of aliphatic imine (C=N–C) groups is 1.